The van der Waals surface area contributed by atoms with Crippen molar-refractivity contribution >= 4 is 32.3 Å². The predicted octanol–water partition coefficient (Wildman–Crippen LogP) is 18.2. The van der Waals surface area contributed by atoms with Gasteiger partial charge in [0.1, 0.15) is 0 Å². The largest absolute Gasteiger partial charge is 0.0725 e. The molecule has 0 bridgehead atoms. The normalized spacial score (nSPS) is 15.3. The standard InChI is InChI=1S/C75H44/c1-3-21-49-47(19-1)48-20-2-4-22-50(48)61-44-72-62(43-60(49)61)57-29-11-12-30-63(57)73(72,45-37-39-58-55-27-9-17-35-68(55)74(70(58)41-45)64-31-13-5-23-51(64)52-24-6-14-32-65(52)74)46-38-40-59-56-28-10-18-36-69(56)75(71(59)42-46)66-33-15-7-25-53(66)54-26-8-16-34-67(54)75/h1-44H. The van der Waals surface area contributed by atoms with Crippen LogP contribution in [0.1, 0.15) is 66.8 Å². The highest BCUT2D eigenvalue weighted by Gasteiger charge is 2.56. The Hall–Kier alpha value is -9.36. The highest BCUT2D eigenvalue weighted by molar-refractivity contribution is 6.26. The van der Waals surface area contributed by atoms with Gasteiger partial charge >= 0.3 is 0 Å². The fourth-order valence-electron chi connectivity index (χ4n) is 16.1. The molecule has 0 aromatic heterocycles. The molecule has 0 fully saturated rings. The molecule has 0 N–H and O–H groups in total. The fraction of sp³-hybridized carbons (Fsp3) is 0.0400. The third-order valence-corrected chi connectivity index (χ3v) is 18.8. The van der Waals surface area contributed by atoms with Crippen LogP contribution in [0.25, 0.3) is 88.0 Å². The lowest BCUT2D eigenvalue weighted by atomic mass is 9.63. The Labute approximate surface area is 435 Å². The minimum Gasteiger partial charge on any atom is -0.0619 e. The molecule has 0 nitrogen and oxygen atoms in total. The predicted molar refractivity (Wildman–Crippen MR) is 309 cm³/mol. The molecule has 0 radical (unpaired) electrons. The second-order valence-corrected chi connectivity index (χ2v) is 21.6. The molecule has 0 aliphatic heterocycles. The SMILES string of the molecule is c1ccc2c(c1)-c1cc3c4ccccc4c4ccccc4c3cc1C2(c1ccc2c(c1)C1(c3ccccc3-c3ccccc31)c1ccccc1-2)c1ccc2c(c1)C1(c3ccccc3-c3ccccc31)c1ccccc1-2. The summed E-state index contributed by atoms with van der Waals surface area (Å²) in [5.41, 5.74) is 27.4. The Balaban J connectivity index is 1.01. The Morgan fingerprint density at radius 2 is 0.387 bits per heavy atom. The first kappa shape index (κ1) is 40.2. The van der Waals surface area contributed by atoms with Gasteiger partial charge in [0.2, 0.25) is 0 Å². The quantitative estimate of drug-likeness (QED) is 0.152. The van der Waals surface area contributed by atoms with Crippen molar-refractivity contribution < 1.29 is 0 Å². The summed E-state index contributed by atoms with van der Waals surface area (Å²) in [7, 11) is 0. The van der Waals surface area contributed by atoms with Crippen LogP contribution >= 0.6 is 0 Å². The first-order valence-electron chi connectivity index (χ1n) is 26.6. The molecular formula is C75H44. The molecule has 0 atom stereocenters. The summed E-state index contributed by atoms with van der Waals surface area (Å²) < 4.78 is 0. The van der Waals surface area contributed by atoms with Crippen molar-refractivity contribution in [2.24, 2.45) is 0 Å². The van der Waals surface area contributed by atoms with E-state index in [2.05, 4.69) is 267 Å². The topological polar surface area (TPSA) is 0 Å². The third kappa shape index (κ3) is 4.57. The van der Waals surface area contributed by atoms with E-state index in [1.165, 1.54) is 155 Å². The number of hydrogen-bond donors (Lipinski definition) is 0. The summed E-state index contributed by atoms with van der Waals surface area (Å²) >= 11 is 0. The van der Waals surface area contributed by atoms with Crippen LogP contribution in [0.15, 0.2) is 267 Å². The van der Waals surface area contributed by atoms with Gasteiger partial charge in [-0.05, 0) is 167 Å². The second kappa shape index (κ2) is 14.0. The molecule has 344 valence electrons. The smallest absolute Gasteiger partial charge is 0.0619 e. The molecule has 0 heterocycles. The molecule has 0 saturated heterocycles. The van der Waals surface area contributed by atoms with Crippen molar-refractivity contribution in [2.75, 3.05) is 0 Å². The maximum atomic E-state index is 2.67. The van der Waals surface area contributed by atoms with Crippen molar-refractivity contribution in [3.63, 3.8) is 0 Å². The highest BCUT2D eigenvalue weighted by Crippen LogP contribution is 2.67. The monoisotopic (exact) mass is 944 g/mol. The lowest BCUT2D eigenvalue weighted by Crippen LogP contribution is -2.32. The van der Waals surface area contributed by atoms with Crippen LogP contribution in [-0.2, 0) is 16.2 Å². The third-order valence-electron chi connectivity index (χ3n) is 18.8. The second-order valence-electron chi connectivity index (χ2n) is 21.6. The summed E-state index contributed by atoms with van der Waals surface area (Å²) in [4.78, 5) is 0. The van der Waals surface area contributed by atoms with Gasteiger partial charge in [-0.25, -0.2) is 0 Å². The van der Waals surface area contributed by atoms with Crippen molar-refractivity contribution in [2.45, 2.75) is 16.2 Å². The van der Waals surface area contributed by atoms with E-state index >= 15 is 0 Å². The summed E-state index contributed by atoms with van der Waals surface area (Å²) in [6.07, 6.45) is 0. The van der Waals surface area contributed by atoms with Crippen LogP contribution < -0.4 is 0 Å². The van der Waals surface area contributed by atoms with Crippen molar-refractivity contribution in [1.82, 2.24) is 0 Å². The van der Waals surface area contributed by atoms with Crippen LogP contribution in [0.4, 0.5) is 0 Å². The minimum atomic E-state index is -0.738. The molecule has 18 rings (SSSR count). The summed E-state index contributed by atoms with van der Waals surface area (Å²) in [5, 5.41) is 7.72. The maximum absolute atomic E-state index is 2.67. The molecule has 0 unspecified atom stereocenters. The van der Waals surface area contributed by atoms with Crippen LogP contribution in [0.3, 0.4) is 0 Å². The molecule has 0 amide bonds. The van der Waals surface area contributed by atoms with E-state index in [1.54, 1.807) is 0 Å². The molecule has 13 aromatic carbocycles. The van der Waals surface area contributed by atoms with Gasteiger partial charge in [0.25, 0.3) is 0 Å². The lowest BCUT2D eigenvalue weighted by molar-refractivity contribution is 0.742. The molecule has 2 spiro atoms. The van der Waals surface area contributed by atoms with E-state index in [9.17, 15) is 0 Å². The van der Waals surface area contributed by atoms with Crippen LogP contribution in [0, 0.1) is 0 Å². The molecule has 0 heteroatoms. The lowest BCUT2D eigenvalue weighted by Gasteiger charge is -2.37. The zero-order chi connectivity index (χ0) is 48.8. The summed E-state index contributed by atoms with van der Waals surface area (Å²) in [6, 6.07) is 103. The van der Waals surface area contributed by atoms with Gasteiger partial charge in [-0.1, -0.05) is 255 Å². The van der Waals surface area contributed by atoms with Crippen LogP contribution in [0.2, 0.25) is 0 Å². The van der Waals surface area contributed by atoms with E-state index in [0.717, 1.165) is 0 Å². The number of fused-ring (bicyclic) bond motifs is 29. The first-order valence-corrected chi connectivity index (χ1v) is 26.6. The summed E-state index contributed by atoms with van der Waals surface area (Å²) in [6.45, 7) is 0. The molecule has 13 aromatic rings. The van der Waals surface area contributed by atoms with Gasteiger partial charge < -0.3 is 0 Å². The van der Waals surface area contributed by atoms with E-state index in [-0.39, 0.29) is 0 Å². The molecule has 5 aliphatic carbocycles. The number of benzene rings is 13. The zero-order valence-electron chi connectivity index (χ0n) is 40.9. The number of hydrogen-bond acceptors (Lipinski definition) is 0. The fourth-order valence-corrected chi connectivity index (χ4v) is 16.1. The average Bonchev–Trinajstić information content (AvgIpc) is 4.39. The Morgan fingerprint density at radius 1 is 0.147 bits per heavy atom. The van der Waals surface area contributed by atoms with Crippen molar-refractivity contribution in [3.05, 3.63) is 334 Å². The molecule has 75 heavy (non-hydrogen) atoms. The van der Waals surface area contributed by atoms with E-state index in [0.29, 0.717) is 0 Å². The molecule has 0 saturated carbocycles. The zero-order valence-corrected chi connectivity index (χ0v) is 40.9. The molecule has 5 aliphatic rings. The van der Waals surface area contributed by atoms with Crippen LogP contribution in [0.5, 0.6) is 0 Å². The van der Waals surface area contributed by atoms with Gasteiger partial charge in [0.05, 0.1) is 16.2 Å². The Morgan fingerprint density at radius 3 is 0.733 bits per heavy atom. The van der Waals surface area contributed by atoms with E-state index in [1.807, 2.05) is 0 Å². The van der Waals surface area contributed by atoms with Gasteiger partial charge in [0, 0.05) is 0 Å². The van der Waals surface area contributed by atoms with Gasteiger partial charge in [0.15, 0.2) is 0 Å². The molecular weight excluding hydrogens is 901 g/mol. The first-order chi connectivity index (χ1) is 37.2. The maximum Gasteiger partial charge on any atom is 0.0725 e. The van der Waals surface area contributed by atoms with Gasteiger partial charge in [-0.3, -0.25) is 0 Å². The Bertz CT molecular complexity index is 4410. The summed E-state index contributed by atoms with van der Waals surface area (Å²) in [5.74, 6) is 0. The average molecular weight is 945 g/mol. The van der Waals surface area contributed by atoms with Crippen LogP contribution in [-0.4, -0.2) is 0 Å². The van der Waals surface area contributed by atoms with E-state index < -0.39 is 16.2 Å². The van der Waals surface area contributed by atoms with Crippen molar-refractivity contribution in [3.8, 4) is 55.6 Å². The van der Waals surface area contributed by atoms with Gasteiger partial charge in [-0.2, -0.15) is 0 Å². The number of rotatable bonds is 2. The van der Waals surface area contributed by atoms with Gasteiger partial charge in [-0.15, -0.1) is 0 Å². The minimum absolute atomic E-state index is 0.503. The van der Waals surface area contributed by atoms with E-state index in [4.69, 9.17) is 0 Å². The highest BCUT2D eigenvalue weighted by atomic mass is 14.6. The van der Waals surface area contributed by atoms with Crippen molar-refractivity contribution in [1.29, 1.82) is 0 Å². The Kier molecular flexibility index (Phi) is 7.51.